The van der Waals surface area contributed by atoms with E-state index in [0.717, 1.165) is 68.5 Å². The summed E-state index contributed by atoms with van der Waals surface area (Å²) in [6.07, 6.45) is 7.53. The summed E-state index contributed by atoms with van der Waals surface area (Å²) in [4.78, 5) is 12.3. The Morgan fingerprint density at radius 1 is 0.794 bits per heavy atom. The number of benzene rings is 2. The Morgan fingerprint density at radius 3 is 2.62 bits per heavy atom. The summed E-state index contributed by atoms with van der Waals surface area (Å²) in [5.74, 6) is 0. The molecule has 6 nitrogen and oxygen atoms in total. The van der Waals surface area contributed by atoms with Gasteiger partial charge in [0.05, 0.1) is 11.2 Å². The second kappa shape index (κ2) is 8.57. The van der Waals surface area contributed by atoms with Crippen molar-refractivity contribution in [1.82, 2.24) is 30.5 Å². The molecule has 2 aromatic carbocycles. The van der Waals surface area contributed by atoms with Gasteiger partial charge in [-0.15, -0.1) is 0 Å². The lowest BCUT2D eigenvalue weighted by Gasteiger charge is -2.06. The Hall–Kier alpha value is -4.29. The van der Waals surface area contributed by atoms with Gasteiger partial charge in [-0.2, -0.15) is 5.10 Å². The molecule has 6 heteroatoms. The zero-order valence-corrected chi connectivity index (χ0v) is 18.8. The van der Waals surface area contributed by atoms with E-state index < -0.39 is 0 Å². The number of aromatic amines is 2. The van der Waals surface area contributed by atoms with E-state index in [0.29, 0.717) is 0 Å². The molecule has 0 spiro atoms. The summed E-state index contributed by atoms with van der Waals surface area (Å²) >= 11 is 0. The highest BCUT2D eigenvalue weighted by Crippen LogP contribution is 2.35. The zero-order chi connectivity index (χ0) is 22.9. The lowest BCUT2D eigenvalue weighted by molar-refractivity contribution is 0.724. The number of pyridine rings is 2. The van der Waals surface area contributed by atoms with Crippen molar-refractivity contribution in [3.63, 3.8) is 0 Å². The number of aromatic nitrogens is 5. The lowest BCUT2D eigenvalue weighted by atomic mass is 10.0. The van der Waals surface area contributed by atoms with E-state index in [9.17, 15) is 0 Å². The second-order valence-electron chi connectivity index (χ2n) is 8.39. The van der Waals surface area contributed by atoms with Gasteiger partial charge in [-0.05, 0) is 59.6 Å². The fraction of sp³-hybridized carbons (Fsp3) is 0.107. The van der Waals surface area contributed by atoms with Crippen LogP contribution < -0.4 is 5.32 Å². The van der Waals surface area contributed by atoms with E-state index in [2.05, 4.69) is 92.0 Å². The van der Waals surface area contributed by atoms with E-state index in [1.54, 1.807) is 6.20 Å². The van der Waals surface area contributed by atoms with E-state index >= 15 is 0 Å². The number of nitrogens with one attached hydrogen (secondary N) is 3. The Kier molecular flexibility index (Phi) is 5.13. The topological polar surface area (TPSA) is 82.3 Å². The van der Waals surface area contributed by atoms with Crippen LogP contribution in [0.3, 0.4) is 0 Å². The molecule has 6 rings (SSSR count). The molecule has 0 atom stereocenters. The highest BCUT2D eigenvalue weighted by Gasteiger charge is 2.14. The Morgan fingerprint density at radius 2 is 1.74 bits per heavy atom. The predicted molar refractivity (Wildman–Crippen MR) is 137 cm³/mol. The first kappa shape index (κ1) is 20.3. The van der Waals surface area contributed by atoms with Crippen molar-refractivity contribution in [2.45, 2.75) is 13.5 Å². The van der Waals surface area contributed by atoms with Crippen molar-refractivity contribution in [3.8, 4) is 33.6 Å². The van der Waals surface area contributed by atoms with Crippen molar-refractivity contribution in [2.24, 2.45) is 0 Å². The van der Waals surface area contributed by atoms with Crippen LogP contribution in [0.2, 0.25) is 0 Å². The van der Waals surface area contributed by atoms with Gasteiger partial charge in [0.1, 0.15) is 5.69 Å². The van der Waals surface area contributed by atoms with Crippen molar-refractivity contribution in [3.05, 3.63) is 91.0 Å². The molecule has 6 aromatic rings. The molecular formula is C28H24N6. The van der Waals surface area contributed by atoms with Gasteiger partial charge in [0.15, 0.2) is 0 Å². The summed E-state index contributed by atoms with van der Waals surface area (Å²) in [6, 6.07) is 21.1. The van der Waals surface area contributed by atoms with Crippen LogP contribution in [0.25, 0.3) is 55.4 Å². The van der Waals surface area contributed by atoms with Crippen LogP contribution in [0.15, 0.2) is 85.5 Å². The molecule has 0 aliphatic carbocycles. The van der Waals surface area contributed by atoms with Crippen LogP contribution in [0.1, 0.15) is 12.5 Å². The highest BCUT2D eigenvalue weighted by atomic mass is 15.1. The molecule has 166 valence electrons. The third kappa shape index (κ3) is 3.64. The standard InChI is InChI=1S/C28H24N6/c1-2-29-14-18-11-21(17-31-15-18)19-8-9-26-24(12-19)28(34-33-26)27-13-23-22(6-3-7-25(23)32-27)20-5-4-10-30-16-20/h3-13,15-17,29,32H,2,14H2,1H3,(H,33,34). The number of rotatable bonds is 6. The molecule has 0 saturated heterocycles. The number of hydrogen-bond donors (Lipinski definition) is 3. The molecule has 4 heterocycles. The van der Waals surface area contributed by atoms with Crippen molar-refractivity contribution >= 4 is 21.8 Å². The lowest BCUT2D eigenvalue weighted by Crippen LogP contribution is -2.11. The highest BCUT2D eigenvalue weighted by molar-refractivity contribution is 6.01. The van der Waals surface area contributed by atoms with E-state index in [1.807, 2.05) is 24.7 Å². The largest absolute Gasteiger partial charge is 0.353 e. The maximum absolute atomic E-state index is 4.66. The zero-order valence-electron chi connectivity index (χ0n) is 18.8. The first-order chi connectivity index (χ1) is 16.8. The number of fused-ring (bicyclic) bond motifs is 2. The molecule has 0 fully saturated rings. The maximum atomic E-state index is 4.66. The van der Waals surface area contributed by atoms with Crippen molar-refractivity contribution in [2.75, 3.05) is 6.54 Å². The summed E-state index contributed by atoms with van der Waals surface area (Å²) in [5.41, 5.74) is 9.59. The molecule has 0 aliphatic heterocycles. The first-order valence-electron chi connectivity index (χ1n) is 11.5. The molecule has 0 bridgehead atoms. The van der Waals surface area contributed by atoms with E-state index in [1.165, 1.54) is 5.56 Å². The van der Waals surface area contributed by atoms with Gasteiger partial charge >= 0.3 is 0 Å². The van der Waals surface area contributed by atoms with E-state index in [4.69, 9.17) is 0 Å². The van der Waals surface area contributed by atoms with E-state index in [-0.39, 0.29) is 0 Å². The quantitative estimate of drug-likeness (QED) is 0.297. The average molecular weight is 445 g/mol. The van der Waals surface area contributed by atoms with Gasteiger partial charge in [-0.3, -0.25) is 15.1 Å². The van der Waals surface area contributed by atoms with Crippen molar-refractivity contribution in [1.29, 1.82) is 0 Å². The number of nitrogens with zero attached hydrogens (tertiary/aromatic N) is 3. The van der Waals surface area contributed by atoms with Gasteiger partial charge in [0.25, 0.3) is 0 Å². The molecule has 0 amide bonds. The third-order valence-corrected chi connectivity index (χ3v) is 6.16. The minimum absolute atomic E-state index is 0.810. The minimum atomic E-state index is 0.810. The molecule has 0 radical (unpaired) electrons. The molecule has 3 N–H and O–H groups in total. The molecular weight excluding hydrogens is 420 g/mol. The van der Waals surface area contributed by atoms with Crippen molar-refractivity contribution < 1.29 is 0 Å². The number of hydrogen-bond acceptors (Lipinski definition) is 4. The SMILES string of the molecule is CCNCc1cncc(-c2ccc3[nH]nc(-c4cc5c(-c6cccnc6)cccc5[nH]4)c3c2)c1. The summed E-state index contributed by atoms with van der Waals surface area (Å²) < 4.78 is 0. The monoisotopic (exact) mass is 444 g/mol. The van der Waals surface area contributed by atoms with Crippen LogP contribution in [0, 0.1) is 0 Å². The third-order valence-electron chi connectivity index (χ3n) is 6.16. The Bertz CT molecular complexity index is 1600. The smallest absolute Gasteiger partial charge is 0.116 e. The van der Waals surface area contributed by atoms with Crippen LogP contribution in [-0.2, 0) is 6.54 Å². The normalized spacial score (nSPS) is 11.4. The van der Waals surface area contributed by atoms with Gasteiger partial charge in [0.2, 0.25) is 0 Å². The molecule has 34 heavy (non-hydrogen) atoms. The second-order valence-corrected chi connectivity index (χ2v) is 8.39. The predicted octanol–water partition coefficient (Wildman–Crippen LogP) is 5.94. The maximum Gasteiger partial charge on any atom is 0.116 e. The summed E-state index contributed by atoms with van der Waals surface area (Å²) in [5, 5.41) is 13.4. The average Bonchev–Trinajstić information content (AvgIpc) is 3.51. The number of H-pyrrole nitrogens is 2. The fourth-order valence-corrected chi connectivity index (χ4v) is 4.47. The van der Waals surface area contributed by atoms with Gasteiger partial charge in [-0.25, -0.2) is 0 Å². The summed E-state index contributed by atoms with van der Waals surface area (Å²) in [7, 11) is 0. The Balaban J connectivity index is 1.44. The van der Waals surface area contributed by atoms with Gasteiger partial charge < -0.3 is 10.3 Å². The molecule has 0 saturated carbocycles. The molecule has 0 unspecified atom stereocenters. The summed E-state index contributed by atoms with van der Waals surface area (Å²) in [6.45, 7) is 3.85. The van der Waals surface area contributed by atoms with Crippen LogP contribution in [-0.4, -0.2) is 31.7 Å². The van der Waals surface area contributed by atoms with Gasteiger partial charge in [0, 0.05) is 58.7 Å². The molecule has 0 aliphatic rings. The molecule has 4 aromatic heterocycles. The van der Waals surface area contributed by atoms with Gasteiger partial charge in [-0.1, -0.05) is 31.2 Å². The van der Waals surface area contributed by atoms with Crippen LogP contribution in [0.5, 0.6) is 0 Å². The Labute approximate surface area is 197 Å². The minimum Gasteiger partial charge on any atom is -0.353 e. The van der Waals surface area contributed by atoms with Crippen LogP contribution >= 0.6 is 0 Å². The fourth-order valence-electron chi connectivity index (χ4n) is 4.47. The van der Waals surface area contributed by atoms with Crippen LogP contribution in [0.4, 0.5) is 0 Å². The first-order valence-corrected chi connectivity index (χ1v) is 11.5.